The van der Waals surface area contributed by atoms with Crippen molar-refractivity contribution in [3.63, 3.8) is 0 Å². The number of nitrogens with two attached hydrogens (primary N) is 1. The summed E-state index contributed by atoms with van der Waals surface area (Å²) in [5, 5.41) is 0. The molecule has 0 spiro atoms. The van der Waals surface area contributed by atoms with Crippen LogP contribution in [-0.2, 0) is 4.79 Å². The maximum atomic E-state index is 11.8. The van der Waals surface area contributed by atoms with Crippen molar-refractivity contribution in [1.82, 2.24) is 4.90 Å². The molecule has 0 rings (SSSR count). The Morgan fingerprint density at radius 1 is 1.33 bits per heavy atom. The van der Waals surface area contributed by atoms with Gasteiger partial charge in [0.1, 0.15) is 0 Å². The number of carbonyl (C=O) groups is 1. The van der Waals surface area contributed by atoms with Crippen molar-refractivity contribution >= 4 is 5.91 Å². The first kappa shape index (κ1) is 14.4. The Hall–Kier alpha value is -0.570. The molecular weight excluding hydrogens is 188 g/mol. The third kappa shape index (κ3) is 5.78. The zero-order valence-electron chi connectivity index (χ0n) is 10.8. The largest absolute Gasteiger partial charge is 0.343 e. The standard InChI is InChI=1S/C12H26N2O/c1-6-10(7-2)14(5)11(15)8-9-12(3,4)13/h10H,6-9,13H2,1-5H3. The highest BCUT2D eigenvalue weighted by molar-refractivity contribution is 5.76. The summed E-state index contributed by atoms with van der Waals surface area (Å²) < 4.78 is 0. The molecule has 90 valence electrons. The Kier molecular flexibility index (Phi) is 5.88. The van der Waals surface area contributed by atoms with Crippen LogP contribution >= 0.6 is 0 Å². The summed E-state index contributed by atoms with van der Waals surface area (Å²) in [5.74, 6) is 0.210. The van der Waals surface area contributed by atoms with Crippen molar-refractivity contribution in [3.05, 3.63) is 0 Å². The van der Waals surface area contributed by atoms with E-state index < -0.39 is 0 Å². The second-order valence-corrected chi connectivity index (χ2v) is 4.96. The maximum Gasteiger partial charge on any atom is 0.222 e. The van der Waals surface area contributed by atoms with Gasteiger partial charge in [-0.15, -0.1) is 0 Å². The van der Waals surface area contributed by atoms with Gasteiger partial charge in [0.05, 0.1) is 0 Å². The van der Waals surface area contributed by atoms with Gasteiger partial charge in [-0.1, -0.05) is 13.8 Å². The van der Waals surface area contributed by atoms with E-state index in [1.165, 1.54) is 0 Å². The van der Waals surface area contributed by atoms with Crippen LogP contribution in [0.15, 0.2) is 0 Å². The van der Waals surface area contributed by atoms with E-state index in [9.17, 15) is 4.79 Å². The summed E-state index contributed by atoms with van der Waals surface area (Å²) in [6.45, 7) is 8.14. The molecule has 0 aliphatic heterocycles. The highest BCUT2D eigenvalue weighted by Crippen LogP contribution is 2.12. The smallest absolute Gasteiger partial charge is 0.222 e. The second kappa shape index (κ2) is 6.11. The molecule has 0 aromatic rings. The van der Waals surface area contributed by atoms with E-state index >= 15 is 0 Å². The Bertz CT molecular complexity index is 192. The van der Waals surface area contributed by atoms with Crippen LogP contribution in [0.2, 0.25) is 0 Å². The monoisotopic (exact) mass is 214 g/mol. The Balaban J connectivity index is 4.09. The van der Waals surface area contributed by atoms with Crippen LogP contribution in [0.1, 0.15) is 53.4 Å². The van der Waals surface area contributed by atoms with E-state index in [4.69, 9.17) is 5.73 Å². The zero-order valence-corrected chi connectivity index (χ0v) is 10.8. The van der Waals surface area contributed by atoms with Gasteiger partial charge < -0.3 is 10.6 Å². The third-order valence-electron chi connectivity index (χ3n) is 2.87. The van der Waals surface area contributed by atoms with Gasteiger partial charge in [0, 0.05) is 25.0 Å². The topological polar surface area (TPSA) is 46.3 Å². The fourth-order valence-corrected chi connectivity index (χ4v) is 1.65. The summed E-state index contributed by atoms with van der Waals surface area (Å²) in [7, 11) is 1.89. The zero-order chi connectivity index (χ0) is 12.1. The lowest BCUT2D eigenvalue weighted by Crippen LogP contribution is -2.39. The minimum atomic E-state index is -0.246. The van der Waals surface area contributed by atoms with Crippen LogP contribution in [0, 0.1) is 0 Å². The minimum absolute atomic E-state index is 0.210. The first-order valence-electron chi connectivity index (χ1n) is 5.86. The fourth-order valence-electron chi connectivity index (χ4n) is 1.65. The normalized spacial score (nSPS) is 11.9. The molecule has 0 aliphatic rings. The van der Waals surface area contributed by atoms with E-state index in [1.54, 1.807) is 0 Å². The number of hydrogen-bond donors (Lipinski definition) is 1. The van der Waals surface area contributed by atoms with E-state index in [-0.39, 0.29) is 11.4 Å². The van der Waals surface area contributed by atoms with Crippen LogP contribution in [-0.4, -0.2) is 29.4 Å². The molecule has 3 heteroatoms. The van der Waals surface area contributed by atoms with E-state index in [0.29, 0.717) is 12.5 Å². The van der Waals surface area contributed by atoms with Crippen LogP contribution in [0.5, 0.6) is 0 Å². The average molecular weight is 214 g/mol. The van der Waals surface area contributed by atoms with Gasteiger partial charge in [0.2, 0.25) is 5.91 Å². The number of hydrogen-bond acceptors (Lipinski definition) is 2. The molecule has 0 bridgehead atoms. The van der Waals surface area contributed by atoms with Crippen molar-refractivity contribution < 1.29 is 4.79 Å². The van der Waals surface area contributed by atoms with Crippen molar-refractivity contribution in [1.29, 1.82) is 0 Å². The highest BCUT2D eigenvalue weighted by atomic mass is 16.2. The number of rotatable bonds is 6. The second-order valence-electron chi connectivity index (χ2n) is 4.96. The quantitative estimate of drug-likeness (QED) is 0.736. The predicted molar refractivity (Wildman–Crippen MR) is 64.6 cm³/mol. The first-order chi connectivity index (χ1) is 6.81. The van der Waals surface area contributed by atoms with Crippen LogP contribution < -0.4 is 5.73 Å². The van der Waals surface area contributed by atoms with Gasteiger partial charge in [0.25, 0.3) is 0 Å². The number of nitrogens with zero attached hydrogens (tertiary/aromatic N) is 1. The Morgan fingerprint density at radius 2 is 1.80 bits per heavy atom. The van der Waals surface area contributed by atoms with Crippen molar-refractivity contribution in [3.8, 4) is 0 Å². The summed E-state index contributed by atoms with van der Waals surface area (Å²) in [6.07, 6.45) is 3.34. The predicted octanol–water partition coefficient (Wildman–Crippen LogP) is 2.15. The average Bonchev–Trinajstić information content (AvgIpc) is 2.14. The fraction of sp³-hybridized carbons (Fsp3) is 0.917. The first-order valence-corrected chi connectivity index (χ1v) is 5.86. The van der Waals surface area contributed by atoms with E-state index in [0.717, 1.165) is 19.3 Å². The lowest BCUT2D eigenvalue weighted by atomic mass is 9.99. The Labute approximate surface area is 94.0 Å². The molecule has 0 aliphatic carbocycles. The molecule has 0 fully saturated rings. The molecule has 0 unspecified atom stereocenters. The minimum Gasteiger partial charge on any atom is -0.343 e. The summed E-state index contributed by atoms with van der Waals surface area (Å²) in [6, 6.07) is 0.374. The lowest BCUT2D eigenvalue weighted by Gasteiger charge is -2.27. The van der Waals surface area contributed by atoms with Gasteiger partial charge in [-0.3, -0.25) is 4.79 Å². The molecule has 3 nitrogen and oxygen atoms in total. The number of amides is 1. The van der Waals surface area contributed by atoms with Crippen LogP contribution in [0.4, 0.5) is 0 Å². The van der Waals surface area contributed by atoms with E-state index in [1.807, 2.05) is 25.8 Å². The van der Waals surface area contributed by atoms with Gasteiger partial charge in [-0.05, 0) is 33.1 Å². The van der Waals surface area contributed by atoms with Crippen LogP contribution in [0.3, 0.4) is 0 Å². The van der Waals surface area contributed by atoms with Gasteiger partial charge in [-0.2, -0.15) is 0 Å². The van der Waals surface area contributed by atoms with Gasteiger partial charge in [0.15, 0.2) is 0 Å². The number of carbonyl (C=O) groups excluding carboxylic acids is 1. The molecule has 2 N–H and O–H groups in total. The lowest BCUT2D eigenvalue weighted by molar-refractivity contribution is -0.132. The highest BCUT2D eigenvalue weighted by Gasteiger charge is 2.19. The van der Waals surface area contributed by atoms with Gasteiger partial charge >= 0.3 is 0 Å². The van der Waals surface area contributed by atoms with E-state index in [2.05, 4.69) is 13.8 Å². The summed E-state index contributed by atoms with van der Waals surface area (Å²) >= 11 is 0. The molecule has 0 atom stereocenters. The molecule has 15 heavy (non-hydrogen) atoms. The molecule has 0 heterocycles. The molecule has 0 radical (unpaired) electrons. The molecule has 0 saturated carbocycles. The third-order valence-corrected chi connectivity index (χ3v) is 2.87. The maximum absolute atomic E-state index is 11.8. The van der Waals surface area contributed by atoms with Crippen molar-refractivity contribution in [2.45, 2.75) is 65.0 Å². The molecule has 0 aromatic heterocycles. The Morgan fingerprint density at radius 3 is 2.13 bits per heavy atom. The van der Waals surface area contributed by atoms with Crippen molar-refractivity contribution in [2.75, 3.05) is 7.05 Å². The molecular formula is C12H26N2O. The molecule has 0 saturated heterocycles. The SMILES string of the molecule is CCC(CC)N(C)C(=O)CCC(C)(C)N. The van der Waals surface area contributed by atoms with Gasteiger partial charge in [-0.25, -0.2) is 0 Å². The molecule has 1 amide bonds. The molecule has 0 aromatic carbocycles. The van der Waals surface area contributed by atoms with Crippen LogP contribution in [0.25, 0.3) is 0 Å². The van der Waals surface area contributed by atoms with Crippen molar-refractivity contribution in [2.24, 2.45) is 5.73 Å². The summed E-state index contributed by atoms with van der Waals surface area (Å²) in [5.41, 5.74) is 5.61. The summed E-state index contributed by atoms with van der Waals surface area (Å²) in [4.78, 5) is 13.7.